The van der Waals surface area contributed by atoms with Gasteiger partial charge in [0.2, 0.25) is 10.0 Å². The molecule has 3 rings (SSSR count). The predicted molar refractivity (Wildman–Crippen MR) is 108 cm³/mol. The van der Waals surface area contributed by atoms with Gasteiger partial charge >= 0.3 is 0 Å². The molecule has 1 heterocycles. The second-order valence-corrected chi connectivity index (χ2v) is 9.23. The predicted octanol–water partition coefficient (Wildman–Crippen LogP) is 3.52. The van der Waals surface area contributed by atoms with Gasteiger partial charge in [-0.3, -0.25) is 4.79 Å². The number of aryl methyl sites for hydroxylation is 2. The van der Waals surface area contributed by atoms with Crippen LogP contribution in [0.3, 0.4) is 0 Å². The van der Waals surface area contributed by atoms with Gasteiger partial charge in [-0.25, -0.2) is 13.1 Å². The van der Waals surface area contributed by atoms with E-state index < -0.39 is 10.0 Å². The van der Waals surface area contributed by atoms with Gasteiger partial charge in [-0.1, -0.05) is 31.5 Å². The number of nitrogens with one attached hydrogen (secondary N) is 1. The van der Waals surface area contributed by atoms with Crippen molar-refractivity contribution in [1.29, 1.82) is 0 Å². The van der Waals surface area contributed by atoms with Crippen molar-refractivity contribution < 1.29 is 13.2 Å². The summed E-state index contributed by atoms with van der Waals surface area (Å²) in [6.07, 6.45) is 1.58. The standard InChI is InChI=1S/C21H26N2O3S/c1-15(2)14-22-27(25,26)19-10-11-20-18(13-19)5-4-12-23(20)21(24)17-8-6-16(3)7-9-17/h6-11,13,15,22H,4-5,12,14H2,1-3H3. The fourth-order valence-electron chi connectivity index (χ4n) is 3.16. The number of carbonyl (C=O) groups excluding carboxylic acids is 1. The van der Waals surface area contributed by atoms with Gasteiger partial charge < -0.3 is 4.90 Å². The van der Waals surface area contributed by atoms with Gasteiger partial charge in [-0.15, -0.1) is 0 Å². The number of amides is 1. The van der Waals surface area contributed by atoms with Crippen LogP contribution < -0.4 is 9.62 Å². The molecule has 1 aliphatic heterocycles. The van der Waals surface area contributed by atoms with Crippen molar-refractivity contribution in [2.75, 3.05) is 18.0 Å². The Morgan fingerprint density at radius 1 is 1.15 bits per heavy atom. The Labute approximate surface area is 161 Å². The van der Waals surface area contributed by atoms with Crippen LogP contribution in [0.25, 0.3) is 0 Å². The van der Waals surface area contributed by atoms with Crippen LogP contribution in [0.5, 0.6) is 0 Å². The van der Waals surface area contributed by atoms with Crippen LogP contribution in [0.15, 0.2) is 47.4 Å². The summed E-state index contributed by atoms with van der Waals surface area (Å²) in [7, 11) is -3.54. The molecule has 0 unspecified atom stereocenters. The number of hydrogen-bond donors (Lipinski definition) is 1. The van der Waals surface area contributed by atoms with Crippen LogP contribution >= 0.6 is 0 Å². The summed E-state index contributed by atoms with van der Waals surface area (Å²) in [5.74, 6) is 0.185. The highest BCUT2D eigenvalue weighted by Crippen LogP contribution is 2.30. The number of fused-ring (bicyclic) bond motifs is 1. The number of rotatable bonds is 5. The van der Waals surface area contributed by atoms with Crippen LogP contribution in [-0.4, -0.2) is 27.4 Å². The summed E-state index contributed by atoms with van der Waals surface area (Å²) >= 11 is 0. The number of carbonyl (C=O) groups is 1. The van der Waals surface area contributed by atoms with E-state index in [1.165, 1.54) is 0 Å². The normalized spacial score (nSPS) is 14.3. The molecule has 27 heavy (non-hydrogen) atoms. The molecule has 1 aliphatic rings. The second kappa shape index (κ2) is 7.82. The zero-order chi connectivity index (χ0) is 19.6. The van der Waals surface area contributed by atoms with Crippen LogP contribution in [0, 0.1) is 12.8 Å². The maximum absolute atomic E-state index is 12.9. The smallest absolute Gasteiger partial charge is 0.258 e. The first-order chi connectivity index (χ1) is 12.8. The van der Waals surface area contributed by atoms with Crippen molar-refractivity contribution >= 4 is 21.6 Å². The van der Waals surface area contributed by atoms with E-state index in [1.54, 1.807) is 23.1 Å². The topological polar surface area (TPSA) is 66.5 Å². The number of nitrogens with zero attached hydrogens (tertiary/aromatic N) is 1. The first-order valence-corrected chi connectivity index (χ1v) is 10.8. The minimum absolute atomic E-state index is 0.0514. The van der Waals surface area contributed by atoms with Crippen molar-refractivity contribution in [2.24, 2.45) is 5.92 Å². The fraction of sp³-hybridized carbons (Fsp3) is 0.381. The number of hydrogen-bond acceptors (Lipinski definition) is 3. The van der Waals surface area contributed by atoms with Gasteiger partial charge in [-0.05, 0) is 61.6 Å². The Morgan fingerprint density at radius 2 is 1.85 bits per heavy atom. The third-order valence-electron chi connectivity index (χ3n) is 4.71. The zero-order valence-electron chi connectivity index (χ0n) is 16.0. The first-order valence-electron chi connectivity index (χ1n) is 9.29. The molecule has 0 radical (unpaired) electrons. The van der Waals surface area contributed by atoms with E-state index in [-0.39, 0.29) is 16.7 Å². The van der Waals surface area contributed by atoms with Gasteiger partial charge in [0.1, 0.15) is 0 Å². The third kappa shape index (κ3) is 4.39. The highest BCUT2D eigenvalue weighted by molar-refractivity contribution is 7.89. The molecule has 0 aromatic heterocycles. The molecule has 0 spiro atoms. The van der Waals surface area contributed by atoms with Crippen molar-refractivity contribution in [2.45, 2.75) is 38.5 Å². The van der Waals surface area contributed by atoms with E-state index in [4.69, 9.17) is 0 Å². The van der Waals surface area contributed by atoms with Crippen molar-refractivity contribution in [3.05, 3.63) is 59.2 Å². The summed E-state index contributed by atoms with van der Waals surface area (Å²) in [5.41, 5.74) is 3.45. The summed E-state index contributed by atoms with van der Waals surface area (Å²) in [6, 6.07) is 12.6. The monoisotopic (exact) mass is 386 g/mol. The summed E-state index contributed by atoms with van der Waals surface area (Å²) in [4.78, 5) is 14.9. The molecule has 6 heteroatoms. The number of anilines is 1. The lowest BCUT2D eigenvalue weighted by molar-refractivity contribution is 0.0985. The highest BCUT2D eigenvalue weighted by atomic mass is 32.2. The van der Waals surface area contributed by atoms with Gasteiger partial charge in [0.25, 0.3) is 5.91 Å². The molecule has 0 saturated heterocycles. The van der Waals surface area contributed by atoms with Crippen LogP contribution in [-0.2, 0) is 16.4 Å². The Kier molecular flexibility index (Phi) is 5.67. The van der Waals surface area contributed by atoms with E-state index in [0.29, 0.717) is 18.7 Å². The van der Waals surface area contributed by atoms with Gasteiger partial charge in [0, 0.05) is 24.3 Å². The molecule has 1 N–H and O–H groups in total. The van der Waals surface area contributed by atoms with E-state index in [0.717, 1.165) is 29.7 Å². The summed E-state index contributed by atoms with van der Waals surface area (Å²) in [6.45, 7) is 6.95. The quantitative estimate of drug-likeness (QED) is 0.855. The largest absolute Gasteiger partial charge is 0.308 e. The summed E-state index contributed by atoms with van der Waals surface area (Å²) < 4.78 is 27.6. The van der Waals surface area contributed by atoms with Crippen LogP contribution in [0.2, 0.25) is 0 Å². The second-order valence-electron chi connectivity index (χ2n) is 7.46. The van der Waals surface area contributed by atoms with Crippen LogP contribution in [0.4, 0.5) is 5.69 Å². The first kappa shape index (κ1) is 19.6. The Balaban J connectivity index is 1.88. The molecule has 0 aliphatic carbocycles. The van der Waals surface area contributed by atoms with Crippen LogP contribution in [0.1, 0.15) is 41.8 Å². The number of sulfonamides is 1. The lowest BCUT2D eigenvalue weighted by atomic mass is 10.0. The number of benzene rings is 2. The van der Waals surface area contributed by atoms with Crippen molar-refractivity contribution in [1.82, 2.24) is 4.72 Å². The minimum atomic E-state index is -3.54. The molecule has 0 bridgehead atoms. The van der Waals surface area contributed by atoms with E-state index in [9.17, 15) is 13.2 Å². The molecular formula is C21H26N2O3S. The van der Waals surface area contributed by atoms with E-state index in [2.05, 4.69) is 4.72 Å². The lowest BCUT2D eigenvalue weighted by Crippen LogP contribution is -2.35. The van der Waals surface area contributed by atoms with Gasteiger partial charge in [-0.2, -0.15) is 0 Å². The molecule has 0 saturated carbocycles. The zero-order valence-corrected chi connectivity index (χ0v) is 16.8. The molecule has 0 fully saturated rings. The summed E-state index contributed by atoms with van der Waals surface area (Å²) in [5, 5.41) is 0. The maximum Gasteiger partial charge on any atom is 0.258 e. The molecule has 1 amide bonds. The van der Waals surface area contributed by atoms with Gasteiger partial charge in [0.05, 0.1) is 4.90 Å². The molecular weight excluding hydrogens is 360 g/mol. The van der Waals surface area contributed by atoms with E-state index >= 15 is 0 Å². The van der Waals surface area contributed by atoms with Crippen molar-refractivity contribution in [3.8, 4) is 0 Å². The average Bonchev–Trinajstić information content (AvgIpc) is 2.65. The Bertz CT molecular complexity index is 934. The third-order valence-corrected chi connectivity index (χ3v) is 6.13. The molecule has 2 aromatic carbocycles. The molecule has 2 aromatic rings. The Morgan fingerprint density at radius 3 is 2.52 bits per heavy atom. The highest BCUT2D eigenvalue weighted by Gasteiger charge is 2.25. The SMILES string of the molecule is Cc1ccc(C(=O)N2CCCc3cc(S(=O)(=O)NCC(C)C)ccc32)cc1. The molecule has 144 valence electrons. The lowest BCUT2D eigenvalue weighted by Gasteiger charge is -2.30. The average molecular weight is 387 g/mol. The molecule has 5 nitrogen and oxygen atoms in total. The minimum Gasteiger partial charge on any atom is -0.308 e. The maximum atomic E-state index is 12.9. The van der Waals surface area contributed by atoms with Crippen molar-refractivity contribution in [3.63, 3.8) is 0 Å². The van der Waals surface area contributed by atoms with E-state index in [1.807, 2.05) is 45.0 Å². The Hall–Kier alpha value is -2.18. The molecule has 0 atom stereocenters. The van der Waals surface area contributed by atoms with Gasteiger partial charge in [0.15, 0.2) is 0 Å². The fourth-order valence-corrected chi connectivity index (χ4v) is 4.43.